The highest BCUT2D eigenvalue weighted by Gasteiger charge is 2.14. The summed E-state index contributed by atoms with van der Waals surface area (Å²) in [7, 11) is 1.40. The van der Waals surface area contributed by atoms with E-state index in [1.54, 1.807) is 0 Å². The predicted octanol–water partition coefficient (Wildman–Crippen LogP) is 2.71. The van der Waals surface area contributed by atoms with E-state index < -0.39 is 0 Å². The van der Waals surface area contributed by atoms with Crippen molar-refractivity contribution in [3.05, 3.63) is 35.4 Å². The molecule has 4 heteroatoms. The number of nitrogens with one attached hydrogen (secondary N) is 1. The van der Waals surface area contributed by atoms with E-state index >= 15 is 0 Å². The van der Waals surface area contributed by atoms with Gasteiger partial charge in [0.1, 0.15) is 0 Å². The van der Waals surface area contributed by atoms with Gasteiger partial charge in [0.15, 0.2) is 0 Å². The SMILES string of the molecule is COC(=O)c1ccc([C@@H]2CCCCN2)cc1.Cl. The zero-order valence-corrected chi connectivity index (χ0v) is 10.8. The molecule has 17 heavy (non-hydrogen) atoms. The largest absolute Gasteiger partial charge is 0.465 e. The number of carbonyl (C=O) groups is 1. The highest BCUT2D eigenvalue weighted by atomic mass is 35.5. The molecule has 0 spiro atoms. The van der Waals surface area contributed by atoms with Crippen LogP contribution in [0.15, 0.2) is 24.3 Å². The standard InChI is InChI=1S/C13H17NO2.ClH/c1-16-13(15)11-7-5-10(6-8-11)12-4-2-3-9-14-12;/h5-8,12,14H,2-4,9H2,1H3;1H/t12-;/m0./s1. The number of hydrogen-bond donors (Lipinski definition) is 1. The van der Waals surface area contributed by atoms with Crippen LogP contribution in [0.5, 0.6) is 0 Å². The van der Waals surface area contributed by atoms with Crippen molar-refractivity contribution in [3.8, 4) is 0 Å². The minimum absolute atomic E-state index is 0. The third-order valence-electron chi connectivity index (χ3n) is 3.04. The molecule has 1 saturated heterocycles. The molecule has 0 saturated carbocycles. The van der Waals surface area contributed by atoms with Crippen LogP contribution in [-0.2, 0) is 4.74 Å². The predicted molar refractivity (Wildman–Crippen MR) is 69.6 cm³/mol. The van der Waals surface area contributed by atoms with Crippen molar-refractivity contribution in [2.24, 2.45) is 0 Å². The molecule has 1 aromatic carbocycles. The monoisotopic (exact) mass is 255 g/mol. The van der Waals surface area contributed by atoms with Crippen LogP contribution in [0.4, 0.5) is 0 Å². The number of hydrogen-bond acceptors (Lipinski definition) is 3. The van der Waals surface area contributed by atoms with Crippen LogP contribution in [0.1, 0.15) is 41.2 Å². The molecule has 1 aliphatic rings. The van der Waals surface area contributed by atoms with Gasteiger partial charge in [0.25, 0.3) is 0 Å². The normalized spacial score (nSPS) is 19.2. The first-order valence-corrected chi connectivity index (χ1v) is 5.73. The molecule has 1 aliphatic heterocycles. The van der Waals surface area contributed by atoms with Crippen molar-refractivity contribution >= 4 is 18.4 Å². The number of halogens is 1. The van der Waals surface area contributed by atoms with Gasteiger partial charge in [-0.2, -0.15) is 0 Å². The van der Waals surface area contributed by atoms with Crippen LogP contribution >= 0.6 is 12.4 Å². The Morgan fingerprint density at radius 1 is 1.29 bits per heavy atom. The van der Waals surface area contributed by atoms with Crippen LogP contribution in [0.2, 0.25) is 0 Å². The summed E-state index contributed by atoms with van der Waals surface area (Å²) in [5.74, 6) is -0.275. The number of benzene rings is 1. The van der Waals surface area contributed by atoms with Crippen molar-refractivity contribution in [1.82, 2.24) is 5.32 Å². The summed E-state index contributed by atoms with van der Waals surface area (Å²) in [6.45, 7) is 1.09. The Hall–Kier alpha value is -1.06. The molecule has 1 atom stereocenters. The molecular weight excluding hydrogens is 238 g/mol. The van der Waals surface area contributed by atoms with Crippen molar-refractivity contribution in [2.45, 2.75) is 25.3 Å². The average molecular weight is 256 g/mol. The summed E-state index contributed by atoms with van der Waals surface area (Å²) in [5, 5.41) is 3.48. The van der Waals surface area contributed by atoms with Gasteiger partial charge in [0.2, 0.25) is 0 Å². The minimum atomic E-state index is -0.275. The van der Waals surface area contributed by atoms with Gasteiger partial charge in [-0.05, 0) is 37.1 Å². The van der Waals surface area contributed by atoms with E-state index in [1.807, 2.05) is 24.3 Å². The van der Waals surface area contributed by atoms with E-state index in [-0.39, 0.29) is 18.4 Å². The number of piperidine rings is 1. The second kappa shape index (κ2) is 6.62. The Balaban J connectivity index is 0.00000144. The molecule has 1 heterocycles. The summed E-state index contributed by atoms with van der Waals surface area (Å²) in [6.07, 6.45) is 3.71. The second-order valence-corrected chi connectivity index (χ2v) is 4.12. The molecular formula is C13H18ClNO2. The van der Waals surface area contributed by atoms with Crippen LogP contribution < -0.4 is 5.32 Å². The smallest absolute Gasteiger partial charge is 0.337 e. The van der Waals surface area contributed by atoms with Crippen molar-refractivity contribution in [3.63, 3.8) is 0 Å². The zero-order valence-electron chi connectivity index (χ0n) is 9.94. The highest BCUT2D eigenvalue weighted by Crippen LogP contribution is 2.23. The first-order chi connectivity index (χ1) is 7.81. The molecule has 0 amide bonds. The zero-order chi connectivity index (χ0) is 11.4. The maximum atomic E-state index is 11.3. The minimum Gasteiger partial charge on any atom is -0.465 e. The maximum absolute atomic E-state index is 11.3. The molecule has 0 aromatic heterocycles. The van der Waals surface area contributed by atoms with E-state index in [0.717, 1.165) is 6.54 Å². The molecule has 2 rings (SSSR count). The van der Waals surface area contributed by atoms with E-state index in [0.29, 0.717) is 11.6 Å². The molecule has 1 N–H and O–H groups in total. The van der Waals surface area contributed by atoms with Gasteiger partial charge in [0, 0.05) is 6.04 Å². The van der Waals surface area contributed by atoms with E-state index in [2.05, 4.69) is 10.1 Å². The quantitative estimate of drug-likeness (QED) is 0.826. The van der Waals surface area contributed by atoms with Crippen molar-refractivity contribution in [1.29, 1.82) is 0 Å². The molecule has 3 nitrogen and oxygen atoms in total. The van der Waals surface area contributed by atoms with Crippen LogP contribution in [0.25, 0.3) is 0 Å². The lowest BCUT2D eigenvalue weighted by Crippen LogP contribution is -2.26. The van der Waals surface area contributed by atoms with Gasteiger partial charge in [-0.1, -0.05) is 18.6 Å². The number of carbonyl (C=O) groups excluding carboxylic acids is 1. The van der Waals surface area contributed by atoms with Crippen LogP contribution in [0, 0.1) is 0 Å². The lowest BCUT2D eigenvalue weighted by atomic mass is 9.97. The third-order valence-corrected chi connectivity index (χ3v) is 3.04. The number of methoxy groups -OCH3 is 1. The Morgan fingerprint density at radius 3 is 2.53 bits per heavy atom. The second-order valence-electron chi connectivity index (χ2n) is 4.12. The Kier molecular flexibility index (Phi) is 5.45. The molecule has 0 unspecified atom stereocenters. The van der Waals surface area contributed by atoms with Gasteiger partial charge in [0.05, 0.1) is 12.7 Å². The molecule has 1 aromatic rings. The highest BCUT2D eigenvalue weighted by molar-refractivity contribution is 5.89. The summed E-state index contributed by atoms with van der Waals surface area (Å²) >= 11 is 0. The van der Waals surface area contributed by atoms with Gasteiger partial charge < -0.3 is 10.1 Å². The fourth-order valence-corrected chi connectivity index (χ4v) is 2.11. The fraction of sp³-hybridized carbons (Fsp3) is 0.462. The first-order valence-electron chi connectivity index (χ1n) is 5.73. The lowest BCUT2D eigenvalue weighted by molar-refractivity contribution is 0.0600. The summed E-state index contributed by atoms with van der Waals surface area (Å²) in [6, 6.07) is 8.12. The maximum Gasteiger partial charge on any atom is 0.337 e. The molecule has 0 bridgehead atoms. The Labute approximate surface area is 108 Å². The van der Waals surface area contributed by atoms with Crippen LogP contribution in [-0.4, -0.2) is 19.6 Å². The van der Waals surface area contributed by atoms with Gasteiger partial charge in [-0.25, -0.2) is 4.79 Å². The summed E-state index contributed by atoms with van der Waals surface area (Å²) in [5.41, 5.74) is 1.87. The van der Waals surface area contributed by atoms with E-state index in [1.165, 1.54) is 31.9 Å². The van der Waals surface area contributed by atoms with Gasteiger partial charge in [-0.15, -0.1) is 12.4 Å². The van der Waals surface area contributed by atoms with E-state index in [9.17, 15) is 4.79 Å². The summed E-state index contributed by atoms with van der Waals surface area (Å²) in [4.78, 5) is 11.3. The van der Waals surface area contributed by atoms with Crippen LogP contribution in [0.3, 0.4) is 0 Å². The first kappa shape index (κ1) is 14.0. The molecule has 0 aliphatic carbocycles. The topological polar surface area (TPSA) is 38.3 Å². The molecule has 1 fully saturated rings. The fourth-order valence-electron chi connectivity index (χ4n) is 2.11. The van der Waals surface area contributed by atoms with Gasteiger partial charge >= 0.3 is 5.97 Å². The third kappa shape index (κ3) is 3.45. The average Bonchev–Trinajstić information content (AvgIpc) is 2.39. The molecule has 0 radical (unpaired) electrons. The van der Waals surface area contributed by atoms with E-state index in [4.69, 9.17) is 0 Å². The Morgan fingerprint density at radius 2 is 2.00 bits per heavy atom. The lowest BCUT2D eigenvalue weighted by Gasteiger charge is -2.23. The van der Waals surface area contributed by atoms with Crippen molar-refractivity contribution < 1.29 is 9.53 Å². The van der Waals surface area contributed by atoms with Gasteiger partial charge in [-0.3, -0.25) is 0 Å². The number of esters is 1. The molecule has 94 valence electrons. The number of ether oxygens (including phenoxy) is 1. The number of rotatable bonds is 2. The van der Waals surface area contributed by atoms with Crippen molar-refractivity contribution in [2.75, 3.05) is 13.7 Å². The summed E-state index contributed by atoms with van der Waals surface area (Å²) < 4.78 is 4.67. The Bertz CT molecular complexity index is 358.